The van der Waals surface area contributed by atoms with E-state index in [-0.39, 0.29) is 24.0 Å². The summed E-state index contributed by atoms with van der Waals surface area (Å²) in [5, 5.41) is 9.22. The van der Waals surface area contributed by atoms with Gasteiger partial charge in [-0.2, -0.15) is 0 Å². The Morgan fingerprint density at radius 2 is 1.68 bits per heavy atom. The van der Waals surface area contributed by atoms with Crippen molar-refractivity contribution in [3.05, 3.63) is 72.3 Å². The van der Waals surface area contributed by atoms with Gasteiger partial charge in [0.2, 0.25) is 0 Å². The lowest BCUT2D eigenvalue weighted by Gasteiger charge is -2.12. The van der Waals surface area contributed by atoms with Gasteiger partial charge in [-0.05, 0) is 28.5 Å². The lowest BCUT2D eigenvalue weighted by Crippen LogP contribution is -3.00. The van der Waals surface area contributed by atoms with Gasteiger partial charge in [-0.1, -0.05) is 66.4 Å². The summed E-state index contributed by atoms with van der Waals surface area (Å²) in [6, 6.07) is 23.6. The maximum absolute atomic E-state index is 4.39. The highest BCUT2D eigenvalue weighted by atomic mass is 127. The molecule has 1 aliphatic heterocycles. The number of hydrogen-bond acceptors (Lipinski definition) is 4. The van der Waals surface area contributed by atoms with Gasteiger partial charge in [0.25, 0.3) is 0 Å². The zero-order valence-corrected chi connectivity index (χ0v) is 16.7. The Morgan fingerprint density at radius 3 is 2.56 bits per heavy atom. The number of nitrogens with one attached hydrogen (secondary N) is 2. The highest BCUT2D eigenvalue weighted by Crippen LogP contribution is 2.35. The van der Waals surface area contributed by atoms with Crippen LogP contribution in [0.4, 0.5) is 0 Å². The molecule has 128 valence electrons. The highest BCUT2D eigenvalue weighted by Gasteiger charge is 2.09. The van der Waals surface area contributed by atoms with Crippen molar-refractivity contribution in [2.24, 2.45) is 4.99 Å². The van der Waals surface area contributed by atoms with Crippen molar-refractivity contribution >= 4 is 28.5 Å². The molecule has 2 N–H and O–H groups in total. The van der Waals surface area contributed by atoms with Crippen LogP contribution in [-0.4, -0.2) is 19.0 Å². The molecule has 5 heteroatoms. The second kappa shape index (κ2) is 8.58. The van der Waals surface area contributed by atoms with Gasteiger partial charge in [0.1, 0.15) is 0 Å². The molecule has 0 aliphatic carbocycles. The summed E-state index contributed by atoms with van der Waals surface area (Å²) in [6.07, 6.45) is 0. The van der Waals surface area contributed by atoms with Gasteiger partial charge >= 0.3 is 0 Å². The topological polar surface area (TPSA) is 36.4 Å². The molecule has 0 unspecified atom stereocenters. The molecule has 1 heterocycles. The molecule has 0 saturated heterocycles. The van der Waals surface area contributed by atoms with E-state index in [0.29, 0.717) is 0 Å². The van der Waals surface area contributed by atoms with Crippen LogP contribution in [-0.2, 0) is 6.54 Å². The number of hydrogen-bond donors (Lipinski definition) is 2. The predicted molar refractivity (Wildman–Crippen MR) is 102 cm³/mol. The molecule has 0 aromatic heterocycles. The van der Waals surface area contributed by atoms with Gasteiger partial charge in [-0.25, -0.2) is 0 Å². The third-order valence-electron chi connectivity index (χ3n) is 4.06. The van der Waals surface area contributed by atoms with E-state index < -0.39 is 0 Å². The smallest absolute Gasteiger partial charge is 0.191 e. The van der Waals surface area contributed by atoms with Crippen molar-refractivity contribution < 1.29 is 24.0 Å². The molecule has 0 bridgehead atoms. The Bertz CT molecular complexity index is 890. The Balaban J connectivity index is 0.00000182. The van der Waals surface area contributed by atoms with Gasteiger partial charge in [0.15, 0.2) is 5.96 Å². The second-order valence-electron chi connectivity index (χ2n) is 5.70. The molecule has 0 amide bonds. The number of aliphatic imine (C=N–C) groups is 1. The summed E-state index contributed by atoms with van der Waals surface area (Å²) in [7, 11) is 0. The van der Waals surface area contributed by atoms with Crippen LogP contribution < -0.4 is 34.6 Å². The summed E-state index contributed by atoms with van der Waals surface area (Å²) in [5.41, 5.74) is 1.28. The van der Waals surface area contributed by atoms with Crippen LogP contribution in [0, 0.1) is 0 Å². The summed E-state index contributed by atoms with van der Waals surface area (Å²) in [4.78, 5) is 6.96. The Labute approximate surface area is 169 Å². The molecule has 3 nitrogen and oxygen atoms in total. The summed E-state index contributed by atoms with van der Waals surface area (Å²) in [6.45, 7) is 2.56. The van der Waals surface area contributed by atoms with Crippen molar-refractivity contribution in [3.8, 4) is 0 Å². The minimum atomic E-state index is 0. The van der Waals surface area contributed by atoms with E-state index in [2.05, 4.69) is 82.4 Å². The van der Waals surface area contributed by atoms with E-state index >= 15 is 0 Å². The van der Waals surface area contributed by atoms with Crippen LogP contribution in [0.2, 0.25) is 0 Å². The van der Waals surface area contributed by atoms with Crippen LogP contribution in [0.5, 0.6) is 0 Å². The molecule has 0 atom stereocenters. The third-order valence-corrected chi connectivity index (χ3v) is 5.26. The second-order valence-corrected chi connectivity index (χ2v) is 6.78. The van der Waals surface area contributed by atoms with E-state index in [1.807, 2.05) is 11.8 Å². The van der Waals surface area contributed by atoms with Crippen molar-refractivity contribution in [3.63, 3.8) is 0 Å². The summed E-state index contributed by atoms with van der Waals surface area (Å²) < 4.78 is 0. The molecule has 25 heavy (non-hydrogen) atoms. The molecule has 0 radical (unpaired) electrons. The molecule has 0 fully saturated rings. The zero-order chi connectivity index (χ0) is 16.2. The van der Waals surface area contributed by atoms with Crippen molar-refractivity contribution in [1.82, 2.24) is 10.6 Å². The number of benzene rings is 3. The van der Waals surface area contributed by atoms with E-state index in [0.717, 1.165) is 25.6 Å². The van der Waals surface area contributed by atoms with E-state index in [9.17, 15) is 0 Å². The van der Waals surface area contributed by atoms with E-state index in [1.165, 1.54) is 26.1 Å². The first-order valence-electron chi connectivity index (χ1n) is 8.16. The lowest BCUT2D eigenvalue weighted by molar-refractivity contribution is -0.00000480. The molecular formula is C20H19IN3S-. The predicted octanol–water partition coefficient (Wildman–Crippen LogP) is 1.04. The highest BCUT2D eigenvalue weighted by molar-refractivity contribution is 7.99. The standard InChI is InChI=1S/C20H19N3S.HI/c1-3-9-17-15(6-1)8-5-11-19(17)24-18-10-4-2-7-16(18)14-23-20-21-12-13-22-20;/h1-11H,12-14H2,(H2,21,22,23);1H/p-1. The van der Waals surface area contributed by atoms with Crippen molar-refractivity contribution in [1.29, 1.82) is 0 Å². The molecule has 3 aromatic rings. The Kier molecular flexibility index (Phi) is 6.20. The number of halogens is 1. The third kappa shape index (κ3) is 4.27. The maximum atomic E-state index is 4.39. The first kappa shape index (κ1) is 18.1. The molecule has 0 spiro atoms. The zero-order valence-electron chi connectivity index (χ0n) is 13.7. The van der Waals surface area contributed by atoms with Gasteiger partial charge in [-0.15, -0.1) is 0 Å². The molecular weight excluding hydrogens is 441 g/mol. The fraction of sp³-hybridized carbons (Fsp3) is 0.150. The van der Waals surface area contributed by atoms with Crippen LogP contribution in [0.3, 0.4) is 0 Å². The average Bonchev–Trinajstić information content (AvgIpc) is 3.15. The van der Waals surface area contributed by atoms with Crippen LogP contribution in [0.15, 0.2) is 81.5 Å². The summed E-state index contributed by atoms with van der Waals surface area (Å²) in [5.74, 6) is 0.903. The molecule has 4 rings (SSSR count). The van der Waals surface area contributed by atoms with Crippen molar-refractivity contribution in [2.75, 3.05) is 13.1 Å². The van der Waals surface area contributed by atoms with Crippen LogP contribution >= 0.6 is 11.8 Å². The normalized spacial score (nSPS) is 13.0. The number of fused-ring (bicyclic) bond motifs is 1. The number of guanidine groups is 1. The van der Waals surface area contributed by atoms with Gasteiger partial charge in [0.05, 0.1) is 6.54 Å². The number of nitrogens with zero attached hydrogens (tertiary/aromatic N) is 1. The average molecular weight is 460 g/mol. The monoisotopic (exact) mass is 460 g/mol. The largest absolute Gasteiger partial charge is 1.00 e. The fourth-order valence-electron chi connectivity index (χ4n) is 2.85. The van der Waals surface area contributed by atoms with Gasteiger partial charge < -0.3 is 34.6 Å². The van der Waals surface area contributed by atoms with E-state index in [4.69, 9.17) is 0 Å². The van der Waals surface area contributed by atoms with Crippen LogP contribution in [0.1, 0.15) is 5.56 Å². The minimum Gasteiger partial charge on any atom is -1.00 e. The molecule has 1 aliphatic rings. The number of rotatable bonds is 4. The lowest BCUT2D eigenvalue weighted by atomic mass is 10.1. The maximum Gasteiger partial charge on any atom is 0.191 e. The first-order chi connectivity index (χ1) is 11.9. The van der Waals surface area contributed by atoms with Gasteiger partial charge in [0, 0.05) is 22.9 Å². The SMILES string of the molecule is [I-].c1ccc(Sc2cccc3ccccc23)c(CNC2=NCCN2)c1. The molecule has 0 saturated carbocycles. The van der Waals surface area contributed by atoms with E-state index in [1.54, 1.807) is 0 Å². The summed E-state index contributed by atoms with van der Waals surface area (Å²) >= 11 is 1.83. The van der Waals surface area contributed by atoms with Crippen LogP contribution in [0.25, 0.3) is 10.8 Å². The first-order valence-corrected chi connectivity index (χ1v) is 8.97. The fourth-order valence-corrected chi connectivity index (χ4v) is 3.95. The quantitative estimate of drug-likeness (QED) is 0.572. The minimum absolute atomic E-state index is 0. The Hall–Kier alpha value is -1.73. The molecule has 3 aromatic carbocycles. The van der Waals surface area contributed by atoms with Crippen molar-refractivity contribution in [2.45, 2.75) is 16.3 Å². The van der Waals surface area contributed by atoms with Gasteiger partial charge in [-0.3, -0.25) is 4.99 Å². The Morgan fingerprint density at radius 1 is 0.920 bits per heavy atom.